The van der Waals surface area contributed by atoms with E-state index < -0.39 is 0 Å². The van der Waals surface area contributed by atoms with E-state index in [1.54, 1.807) is 14.0 Å². The van der Waals surface area contributed by atoms with Crippen molar-refractivity contribution in [1.82, 2.24) is 5.32 Å². The van der Waals surface area contributed by atoms with Gasteiger partial charge in [-0.2, -0.15) is 0 Å². The molecule has 0 bridgehead atoms. The fourth-order valence-corrected chi connectivity index (χ4v) is 3.05. The lowest BCUT2D eigenvalue weighted by Crippen LogP contribution is -2.31. The fraction of sp³-hybridized carbons (Fsp3) is 0.300. The number of methoxy groups -OCH3 is 1. The molecule has 0 radical (unpaired) electrons. The van der Waals surface area contributed by atoms with Crippen molar-refractivity contribution in [3.05, 3.63) is 65.7 Å². The van der Waals surface area contributed by atoms with E-state index in [2.05, 4.69) is 5.32 Å². The lowest BCUT2D eigenvalue weighted by molar-refractivity contribution is -0.139. The van der Waals surface area contributed by atoms with Gasteiger partial charge in [-0.3, -0.25) is 9.59 Å². The average molecular weight is 373 g/mol. The van der Waals surface area contributed by atoms with Crippen LogP contribution in [0.15, 0.2) is 54.6 Å². The summed E-state index contributed by atoms with van der Waals surface area (Å²) in [5.41, 5.74) is 1.95. The topological polar surface area (TPSA) is 64.6 Å². The Morgan fingerprint density at radius 1 is 1.00 bits per heavy atom. The van der Waals surface area contributed by atoms with E-state index in [0.29, 0.717) is 6.61 Å². The number of nitrogens with one attached hydrogen (secondary N) is 1. The van der Waals surface area contributed by atoms with Gasteiger partial charge in [-0.1, -0.05) is 42.5 Å². The molecule has 2 aromatic carbocycles. The van der Waals surface area contributed by atoms with E-state index in [4.69, 9.17) is 9.47 Å². The first kappa shape index (κ1) is 19.8. The number of rotatable bonds is 9. The second-order valence-corrected chi connectivity index (χ2v) is 6.47. The van der Waals surface area contributed by atoms with Gasteiger partial charge in [0.2, 0.25) is 5.91 Å². The Morgan fingerprint density at radius 3 is 2.27 bits per heavy atom. The molecule has 0 aromatic heterocycles. The number of amides is 1. The van der Waals surface area contributed by atoms with Gasteiger partial charge in [0.05, 0.1) is 31.3 Å². The first-order valence-electron chi connectivity index (χ1n) is 8.35. The van der Waals surface area contributed by atoms with E-state index >= 15 is 0 Å². The Kier molecular flexibility index (Phi) is 8.02. The highest BCUT2D eigenvalue weighted by atomic mass is 32.2. The van der Waals surface area contributed by atoms with Crippen molar-refractivity contribution in [2.24, 2.45) is 0 Å². The molecule has 6 heteroatoms. The number of carbonyl (C=O) groups is 2. The summed E-state index contributed by atoms with van der Waals surface area (Å²) in [7, 11) is 1.62. The second kappa shape index (κ2) is 10.5. The van der Waals surface area contributed by atoms with Crippen molar-refractivity contribution < 1.29 is 19.1 Å². The molecule has 5 nitrogen and oxygen atoms in total. The number of hydrogen-bond acceptors (Lipinski definition) is 5. The predicted octanol–water partition coefficient (Wildman–Crippen LogP) is 3.20. The largest absolute Gasteiger partial charge is 0.497 e. The van der Waals surface area contributed by atoms with Crippen LogP contribution in [0.3, 0.4) is 0 Å². The van der Waals surface area contributed by atoms with Crippen molar-refractivity contribution in [3.8, 4) is 5.75 Å². The summed E-state index contributed by atoms with van der Waals surface area (Å²) in [6, 6.07) is 17.1. The third-order valence-corrected chi connectivity index (χ3v) is 4.55. The van der Waals surface area contributed by atoms with Crippen molar-refractivity contribution in [2.75, 3.05) is 25.2 Å². The highest BCUT2D eigenvalue weighted by Crippen LogP contribution is 2.24. The van der Waals surface area contributed by atoms with E-state index in [9.17, 15) is 9.59 Å². The third-order valence-electron chi connectivity index (χ3n) is 3.65. The molecule has 26 heavy (non-hydrogen) atoms. The maximum Gasteiger partial charge on any atom is 0.315 e. The number of esters is 1. The highest BCUT2D eigenvalue weighted by molar-refractivity contribution is 8.00. The normalized spacial score (nSPS) is 11.5. The van der Waals surface area contributed by atoms with Gasteiger partial charge >= 0.3 is 5.97 Å². The zero-order valence-electron chi connectivity index (χ0n) is 14.9. The predicted molar refractivity (Wildman–Crippen MR) is 103 cm³/mol. The van der Waals surface area contributed by atoms with Gasteiger partial charge in [0.25, 0.3) is 0 Å². The van der Waals surface area contributed by atoms with E-state index in [1.807, 2.05) is 54.6 Å². The molecule has 138 valence electrons. The van der Waals surface area contributed by atoms with Crippen LogP contribution in [0, 0.1) is 0 Å². The quantitative estimate of drug-likeness (QED) is 0.684. The summed E-state index contributed by atoms with van der Waals surface area (Å²) in [5, 5.41) is 3.04. The molecule has 0 aliphatic heterocycles. The number of hydrogen-bond donors (Lipinski definition) is 1. The van der Waals surface area contributed by atoms with Crippen LogP contribution < -0.4 is 10.1 Å². The molecule has 1 N–H and O–H groups in total. The van der Waals surface area contributed by atoms with Gasteiger partial charge < -0.3 is 14.8 Å². The molecule has 0 unspecified atom stereocenters. The molecule has 0 heterocycles. The van der Waals surface area contributed by atoms with Crippen LogP contribution in [0.4, 0.5) is 0 Å². The molecule has 0 saturated heterocycles. The summed E-state index contributed by atoms with van der Waals surface area (Å²) < 4.78 is 10.1. The lowest BCUT2D eigenvalue weighted by atomic mass is 9.98. The molecule has 2 aromatic rings. The third kappa shape index (κ3) is 6.11. The maximum atomic E-state index is 12.4. The number of benzene rings is 2. The molecule has 0 spiro atoms. The van der Waals surface area contributed by atoms with Crippen LogP contribution in [0.1, 0.15) is 24.1 Å². The fourth-order valence-electron chi connectivity index (χ4n) is 2.43. The molecule has 0 aliphatic carbocycles. The van der Waals surface area contributed by atoms with Crippen LogP contribution in [0.2, 0.25) is 0 Å². The van der Waals surface area contributed by atoms with Crippen LogP contribution in [-0.4, -0.2) is 37.1 Å². The van der Waals surface area contributed by atoms with Gasteiger partial charge in [0.1, 0.15) is 5.75 Å². The van der Waals surface area contributed by atoms with E-state index in [0.717, 1.165) is 16.9 Å². The minimum Gasteiger partial charge on any atom is -0.497 e. The Hall–Kier alpha value is -2.47. The van der Waals surface area contributed by atoms with Crippen molar-refractivity contribution >= 4 is 23.6 Å². The summed E-state index contributed by atoms with van der Waals surface area (Å²) in [5.74, 6) is 0.680. The first-order chi connectivity index (χ1) is 12.6. The van der Waals surface area contributed by atoms with Crippen LogP contribution in [0.5, 0.6) is 5.75 Å². The number of ether oxygens (including phenoxy) is 2. The molecule has 1 atom stereocenters. The van der Waals surface area contributed by atoms with Gasteiger partial charge in [-0.25, -0.2) is 0 Å². The van der Waals surface area contributed by atoms with E-state index in [1.165, 1.54) is 11.8 Å². The average Bonchev–Trinajstić information content (AvgIpc) is 2.67. The van der Waals surface area contributed by atoms with Gasteiger partial charge in [0.15, 0.2) is 0 Å². The number of thioether (sulfide) groups is 1. The highest BCUT2D eigenvalue weighted by Gasteiger charge is 2.17. The molecular formula is C20H23NO4S. The Morgan fingerprint density at radius 2 is 1.65 bits per heavy atom. The smallest absolute Gasteiger partial charge is 0.315 e. The van der Waals surface area contributed by atoms with Crippen LogP contribution >= 0.6 is 11.8 Å². The Bertz CT molecular complexity index is 704. The van der Waals surface area contributed by atoms with Crippen molar-refractivity contribution in [3.63, 3.8) is 0 Å². The summed E-state index contributed by atoms with van der Waals surface area (Å²) in [4.78, 5) is 23.7. The summed E-state index contributed by atoms with van der Waals surface area (Å²) >= 11 is 1.24. The molecule has 1 amide bonds. The molecule has 0 saturated carbocycles. The summed E-state index contributed by atoms with van der Waals surface area (Å²) in [6.07, 6.45) is 0. The van der Waals surface area contributed by atoms with Crippen molar-refractivity contribution in [1.29, 1.82) is 0 Å². The van der Waals surface area contributed by atoms with Gasteiger partial charge in [-0.15, -0.1) is 11.8 Å². The first-order valence-corrected chi connectivity index (χ1v) is 9.51. The number of carbonyl (C=O) groups excluding carboxylic acids is 2. The summed E-state index contributed by atoms with van der Waals surface area (Å²) in [6.45, 7) is 2.10. The maximum absolute atomic E-state index is 12.4. The van der Waals surface area contributed by atoms with Crippen LogP contribution in [0.25, 0.3) is 0 Å². The second-order valence-electron chi connectivity index (χ2n) is 5.48. The minimum atomic E-state index is -0.305. The van der Waals surface area contributed by atoms with Gasteiger partial charge in [-0.05, 0) is 30.2 Å². The SMILES string of the molecule is CCOC(=O)CSCC(=O)N[C@@H](c1ccccc1)c1ccc(OC)cc1. The minimum absolute atomic E-state index is 0.135. The molecular weight excluding hydrogens is 350 g/mol. The van der Waals surface area contributed by atoms with Crippen molar-refractivity contribution in [2.45, 2.75) is 13.0 Å². The zero-order chi connectivity index (χ0) is 18.8. The molecule has 0 aliphatic rings. The molecule has 2 rings (SSSR count). The molecule has 0 fully saturated rings. The standard InChI is InChI=1S/C20H23NO4S/c1-3-25-19(23)14-26-13-18(22)21-20(15-7-5-4-6-8-15)16-9-11-17(24-2)12-10-16/h4-12,20H,3,13-14H2,1-2H3,(H,21,22)/t20-/m0/s1. The van der Waals surface area contributed by atoms with Gasteiger partial charge in [0, 0.05) is 0 Å². The monoisotopic (exact) mass is 373 g/mol. The van der Waals surface area contributed by atoms with Crippen LogP contribution in [-0.2, 0) is 14.3 Å². The Balaban J connectivity index is 2.04. The lowest BCUT2D eigenvalue weighted by Gasteiger charge is -2.20. The Labute approximate surface area is 158 Å². The van der Waals surface area contributed by atoms with E-state index in [-0.39, 0.29) is 29.4 Å². The zero-order valence-corrected chi connectivity index (χ0v) is 15.8.